The van der Waals surface area contributed by atoms with Gasteiger partial charge in [-0.1, -0.05) is 6.07 Å². The summed E-state index contributed by atoms with van der Waals surface area (Å²) in [4.78, 5) is 24.8. The molecule has 8 heteroatoms. The van der Waals surface area contributed by atoms with E-state index in [0.717, 1.165) is 42.9 Å². The van der Waals surface area contributed by atoms with Crippen LogP contribution in [0.4, 0.5) is 10.3 Å². The molecule has 1 aromatic carbocycles. The number of amides is 1. The molecule has 3 heterocycles. The summed E-state index contributed by atoms with van der Waals surface area (Å²) in [5.41, 5.74) is 1.45. The van der Waals surface area contributed by atoms with Crippen molar-refractivity contribution in [1.29, 1.82) is 0 Å². The number of ether oxygens (including phenoxy) is 1. The molecule has 7 nitrogen and oxygen atoms in total. The van der Waals surface area contributed by atoms with Crippen molar-refractivity contribution < 1.29 is 19.0 Å². The second-order valence-corrected chi connectivity index (χ2v) is 10.1. The molecule has 5 rings (SSSR count). The summed E-state index contributed by atoms with van der Waals surface area (Å²) in [5, 5.41) is 9.31. The predicted molar refractivity (Wildman–Crippen MR) is 126 cm³/mol. The zero-order valence-electron chi connectivity index (χ0n) is 19.7. The average Bonchev–Trinajstić information content (AvgIpc) is 3.59. The van der Waals surface area contributed by atoms with E-state index in [0.29, 0.717) is 36.9 Å². The highest BCUT2D eigenvalue weighted by atomic mass is 19.1. The molecule has 2 aromatic rings. The summed E-state index contributed by atoms with van der Waals surface area (Å²) < 4.78 is 20.3. The molecule has 2 atom stereocenters. The third-order valence-corrected chi connectivity index (χ3v) is 7.51. The number of hydrogen-bond donors (Lipinski definition) is 1. The molecule has 1 saturated carbocycles. The summed E-state index contributed by atoms with van der Waals surface area (Å²) in [5.74, 6) is 3.00. The molecule has 3 fully saturated rings. The zero-order chi connectivity index (χ0) is 23.7. The van der Waals surface area contributed by atoms with Crippen molar-refractivity contribution in [2.24, 2.45) is 17.8 Å². The van der Waals surface area contributed by atoms with Gasteiger partial charge in [-0.3, -0.25) is 4.79 Å². The molecular weight excluding hydrogens is 435 g/mol. The van der Waals surface area contributed by atoms with Crippen LogP contribution in [-0.2, 0) is 11.2 Å². The molecule has 2 saturated heterocycles. The lowest BCUT2D eigenvalue weighted by molar-refractivity contribution is -0.140. The van der Waals surface area contributed by atoms with Crippen LogP contribution in [0.5, 0.6) is 5.75 Å². The Morgan fingerprint density at radius 2 is 1.94 bits per heavy atom. The van der Waals surface area contributed by atoms with Crippen LogP contribution in [0.1, 0.15) is 36.8 Å². The van der Waals surface area contributed by atoms with Crippen LogP contribution in [-0.4, -0.2) is 64.8 Å². The molecule has 34 heavy (non-hydrogen) atoms. The molecule has 3 aliphatic rings. The number of carbonyl (C=O) groups excluding carboxylic acids is 1. The van der Waals surface area contributed by atoms with E-state index in [9.17, 15) is 14.3 Å². The smallest absolute Gasteiger partial charge is 0.227 e. The van der Waals surface area contributed by atoms with E-state index >= 15 is 0 Å². The van der Waals surface area contributed by atoms with Crippen LogP contribution in [0.2, 0.25) is 0 Å². The van der Waals surface area contributed by atoms with Crippen molar-refractivity contribution in [3.63, 3.8) is 0 Å². The van der Waals surface area contributed by atoms with E-state index in [1.165, 1.54) is 25.3 Å². The van der Waals surface area contributed by atoms with E-state index < -0.39 is 11.9 Å². The van der Waals surface area contributed by atoms with Gasteiger partial charge in [-0.25, -0.2) is 14.4 Å². The third-order valence-electron chi connectivity index (χ3n) is 7.51. The lowest BCUT2D eigenvalue weighted by atomic mass is 9.90. The molecular formula is C26H33FN4O3. The average molecular weight is 469 g/mol. The molecule has 1 N–H and O–H groups in total. The van der Waals surface area contributed by atoms with Crippen LogP contribution < -0.4 is 9.64 Å². The van der Waals surface area contributed by atoms with Gasteiger partial charge in [-0.05, 0) is 67.6 Å². The van der Waals surface area contributed by atoms with Crippen molar-refractivity contribution >= 4 is 11.9 Å². The van der Waals surface area contributed by atoms with E-state index in [1.54, 1.807) is 17.0 Å². The van der Waals surface area contributed by atoms with Crippen molar-refractivity contribution in [3.8, 4) is 5.75 Å². The number of rotatable bonds is 8. The second-order valence-electron chi connectivity index (χ2n) is 10.1. The molecule has 0 spiro atoms. The van der Waals surface area contributed by atoms with Crippen molar-refractivity contribution in [2.75, 3.05) is 37.7 Å². The summed E-state index contributed by atoms with van der Waals surface area (Å²) in [6.07, 6.45) is 7.94. The topological polar surface area (TPSA) is 78.8 Å². The number of hydrogen-bond acceptors (Lipinski definition) is 6. The Morgan fingerprint density at radius 1 is 1.21 bits per heavy atom. The van der Waals surface area contributed by atoms with Crippen LogP contribution in [0.15, 0.2) is 30.6 Å². The van der Waals surface area contributed by atoms with E-state index in [4.69, 9.17) is 4.74 Å². The Morgan fingerprint density at radius 3 is 2.62 bits per heavy atom. The quantitative estimate of drug-likeness (QED) is 0.642. The van der Waals surface area contributed by atoms with Gasteiger partial charge in [0, 0.05) is 44.6 Å². The number of aryl methyl sites for hydroxylation is 1. The Labute approximate surface area is 200 Å². The first kappa shape index (κ1) is 23.0. The highest BCUT2D eigenvalue weighted by Crippen LogP contribution is 2.49. The van der Waals surface area contributed by atoms with E-state index in [2.05, 4.69) is 14.9 Å². The molecule has 0 bridgehead atoms. The van der Waals surface area contributed by atoms with Gasteiger partial charge < -0.3 is 19.6 Å². The zero-order valence-corrected chi connectivity index (χ0v) is 19.7. The maximum atomic E-state index is 14.4. The summed E-state index contributed by atoms with van der Waals surface area (Å²) in [6.45, 7) is 5.29. The van der Waals surface area contributed by atoms with Gasteiger partial charge in [0.25, 0.3) is 0 Å². The Kier molecular flexibility index (Phi) is 6.68. The van der Waals surface area contributed by atoms with Crippen LogP contribution in [0, 0.1) is 30.5 Å². The van der Waals surface area contributed by atoms with Crippen molar-refractivity contribution in [2.45, 2.75) is 45.1 Å². The summed E-state index contributed by atoms with van der Waals surface area (Å²) >= 11 is 0. The Hall–Kier alpha value is -2.74. The number of piperidine rings is 1. The maximum Gasteiger partial charge on any atom is 0.227 e. The number of likely N-dealkylation sites (tertiary alicyclic amines) is 1. The van der Waals surface area contributed by atoms with Crippen LogP contribution in [0.25, 0.3) is 0 Å². The number of halogens is 1. The Bertz CT molecular complexity index is 1000. The SMILES string of the molecule is Cc1cnc(N2CCC([C@H]3C[C@H]3CCOc3ccc(CC(=O)N4CC(O)C4)c(F)c3)CC2)nc1. The number of aliphatic hydroxyl groups is 1. The fourth-order valence-electron chi connectivity index (χ4n) is 5.28. The van der Waals surface area contributed by atoms with Crippen molar-refractivity contribution in [3.05, 3.63) is 47.5 Å². The lowest BCUT2D eigenvalue weighted by Crippen LogP contribution is -2.54. The monoisotopic (exact) mass is 468 g/mol. The fraction of sp³-hybridized carbons (Fsp3) is 0.577. The number of anilines is 1. The fourth-order valence-corrected chi connectivity index (χ4v) is 5.28. The molecule has 0 radical (unpaired) electrons. The molecule has 1 aliphatic carbocycles. The third kappa shape index (κ3) is 5.32. The Balaban J connectivity index is 1.02. The highest BCUT2D eigenvalue weighted by Gasteiger charge is 2.43. The minimum atomic E-state index is -0.447. The van der Waals surface area contributed by atoms with Crippen LogP contribution in [0.3, 0.4) is 0 Å². The molecule has 1 amide bonds. The molecule has 1 aromatic heterocycles. The van der Waals surface area contributed by atoms with Gasteiger partial charge >= 0.3 is 0 Å². The normalized spacial score (nSPS) is 23.0. The molecule has 0 unspecified atom stereocenters. The number of β-amino-alcohol motifs (C(OH)–C–C–N with tert-alkyl or cyclic N) is 1. The molecule has 2 aliphatic heterocycles. The first-order valence-corrected chi connectivity index (χ1v) is 12.4. The van der Waals surface area contributed by atoms with Gasteiger partial charge in [-0.2, -0.15) is 0 Å². The minimum Gasteiger partial charge on any atom is -0.493 e. The minimum absolute atomic E-state index is 0.0114. The standard InChI is InChI=1S/C26H33FN4O3/c1-17-13-28-26(29-14-17)30-7-4-18(5-8-30)23-10-19(23)6-9-34-22-3-2-20(24(27)12-22)11-25(33)31-15-21(32)16-31/h2-3,12-14,18-19,21,23,32H,4-11,15-16H2,1H3/t19-,23-/m1/s1. The number of benzene rings is 1. The van der Waals surface area contributed by atoms with E-state index in [1.807, 2.05) is 19.3 Å². The highest BCUT2D eigenvalue weighted by molar-refractivity contribution is 5.79. The largest absolute Gasteiger partial charge is 0.493 e. The first-order valence-electron chi connectivity index (χ1n) is 12.4. The van der Waals surface area contributed by atoms with Gasteiger partial charge in [0.2, 0.25) is 11.9 Å². The van der Waals surface area contributed by atoms with Gasteiger partial charge in [0.15, 0.2) is 0 Å². The van der Waals surface area contributed by atoms with E-state index in [-0.39, 0.29) is 12.3 Å². The summed E-state index contributed by atoms with van der Waals surface area (Å²) in [7, 11) is 0. The van der Waals surface area contributed by atoms with Crippen LogP contribution >= 0.6 is 0 Å². The van der Waals surface area contributed by atoms with Gasteiger partial charge in [0.1, 0.15) is 11.6 Å². The lowest BCUT2D eigenvalue weighted by Gasteiger charge is -2.35. The molecule has 182 valence electrons. The summed E-state index contributed by atoms with van der Waals surface area (Å²) in [6, 6.07) is 4.75. The predicted octanol–water partition coefficient (Wildman–Crippen LogP) is 2.99. The number of carbonyl (C=O) groups is 1. The number of nitrogens with zero attached hydrogens (tertiary/aromatic N) is 4. The first-order chi connectivity index (χ1) is 16.5. The number of aliphatic hydroxyl groups excluding tert-OH is 1. The maximum absolute atomic E-state index is 14.4. The van der Waals surface area contributed by atoms with Crippen molar-refractivity contribution in [1.82, 2.24) is 14.9 Å². The number of aromatic nitrogens is 2. The second kappa shape index (κ2) is 9.86. The van der Waals surface area contributed by atoms with Gasteiger partial charge in [0.05, 0.1) is 19.1 Å². The van der Waals surface area contributed by atoms with Gasteiger partial charge in [-0.15, -0.1) is 0 Å².